The van der Waals surface area contributed by atoms with Gasteiger partial charge in [-0.15, -0.1) is 5.10 Å². The minimum atomic E-state index is -0.0320. The second-order valence-electron chi connectivity index (χ2n) is 4.01. The number of aromatic nitrogens is 2. The molecule has 2 aromatic rings. The van der Waals surface area contributed by atoms with Crippen LogP contribution in [0.3, 0.4) is 0 Å². The number of amides is 1. The molecular formula is C11H11N5OS. The summed E-state index contributed by atoms with van der Waals surface area (Å²) in [6.07, 6.45) is 0. The van der Waals surface area contributed by atoms with E-state index in [0.717, 1.165) is 22.9 Å². The molecule has 1 amide bonds. The number of nitrogens with one attached hydrogen (secondary N) is 1. The molecule has 3 rings (SSSR count). The summed E-state index contributed by atoms with van der Waals surface area (Å²) in [6, 6.07) is 7.67. The molecule has 2 heterocycles. The van der Waals surface area contributed by atoms with Crippen molar-refractivity contribution in [2.24, 2.45) is 0 Å². The molecule has 0 atom stereocenters. The van der Waals surface area contributed by atoms with Gasteiger partial charge in [0, 0.05) is 11.5 Å². The molecule has 3 N–H and O–H groups in total. The third-order valence-corrected chi connectivity index (χ3v) is 3.37. The third-order valence-electron chi connectivity index (χ3n) is 2.78. The lowest BCUT2D eigenvalue weighted by atomic mass is 10.2. The summed E-state index contributed by atoms with van der Waals surface area (Å²) < 4.78 is 3.80. The summed E-state index contributed by atoms with van der Waals surface area (Å²) in [6.45, 7) is 0.792. The minimum absolute atomic E-state index is 0.0320. The highest BCUT2D eigenvalue weighted by Crippen LogP contribution is 2.30. The Bertz CT molecular complexity index is 597. The lowest BCUT2D eigenvalue weighted by molar-refractivity contribution is -0.115. The van der Waals surface area contributed by atoms with Gasteiger partial charge in [-0.25, -0.2) is 0 Å². The van der Waals surface area contributed by atoms with Crippen LogP contribution < -0.4 is 16.0 Å². The van der Waals surface area contributed by atoms with Crippen molar-refractivity contribution in [2.45, 2.75) is 6.54 Å². The van der Waals surface area contributed by atoms with Crippen LogP contribution in [0.4, 0.5) is 16.4 Å². The standard InChI is InChI=1S/C11H11N5OS/c12-11-8(14-15-18-11)5-16-6-10(17)13-7-3-1-2-4-9(7)16/h1-4H,5-6,12H2,(H,13,17). The van der Waals surface area contributed by atoms with Crippen LogP contribution in [0.2, 0.25) is 0 Å². The van der Waals surface area contributed by atoms with Crippen LogP contribution in [0.5, 0.6) is 0 Å². The topological polar surface area (TPSA) is 84.1 Å². The van der Waals surface area contributed by atoms with Crippen LogP contribution in [-0.4, -0.2) is 22.0 Å². The van der Waals surface area contributed by atoms with Gasteiger partial charge in [-0.05, 0) is 12.1 Å². The van der Waals surface area contributed by atoms with Crippen LogP contribution in [0, 0.1) is 0 Å². The van der Waals surface area contributed by atoms with E-state index >= 15 is 0 Å². The van der Waals surface area contributed by atoms with Crippen molar-refractivity contribution in [3.05, 3.63) is 30.0 Å². The molecule has 1 aliphatic rings. The Balaban J connectivity index is 1.93. The van der Waals surface area contributed by atoms with E-state index in [4.69, 9.17) is 5.73 Å². The first-order chi connectivity index (χ1) is 8.74. The largest absolute Gasteiger partial charge is 0.388 e. The van der Waals surface area contributed by atoms with Crippen molar-refractivity contribution >= 4 is 33.8 Å². The van der Waals surface area contributed by atoms with Gasteiger partial charge in [0.15, 0.2) is 0 Å². The monoisotopic (exact) mass is 261 g/mol. The lowest BCUT2D eigenvalue weighted by Gasteiger charge is -2.30. The first-order valence-electron chi connectivity index (χ1n) is 5.44. The van der Waals surface area contributed by atoms with E-state index in [2.05, 4.69) is 14.9 Å². The molecule has 0 unspecified atom stereocenters. The number of nitrogens with two attached hydrogens (primary N) is 1. The second-order valence-corrected chi connectivity index (χ2v) is 4.79. The molecule has 1 aliphatic heterocycles. The minimum Gasteiger partial charge on any atom is -0.388 e. The number of hydrogen-bond donors (Lipinski definition) is 2. The molecule has 6 nitrogen and oxygen atoms in total. The van der Waals surface area contributed by atoms with E-state index in [0.29, 0.717) is 23.8 Å². The molecule has 7 heteroatoms. The van der Waals surface area contributed by atoms with Crippen LogP contribution in [0.15, 0.2) is 24.3 Å². The number of fused-ring (bicyclic) bond motifs is 1. The molecule has 0 spiro atoms. The Morgan fingerprint density at radius 2 is 2.28 bits per heavy atom. The first kappa shape index (κ1) is 11.0. The zero-order valence-electron chi connectivity index (χ0n) is 9.46. The molecule has 18 heavy (non-hydrogen) atoms. The van der Waals surface area contributed by atoms with Gasteiger partial charge in [-0.3, -0.25) is 4.79 Å². The second kappa shape index (κ2) is 4.26. The van der Waals surface area contributed by atoms with Gasteiger partial charge in [0.25, 0.3) is 0 Å². The van der Waals surface area contributed by atoms with Crippen LogP contribution >= 0.6 is 11.5 Å². The van der Waals surface area contributed by atoms with Gasteiger partial charge in [-0.2, -0.15) is 0 Å². The van der Waals surface area contributed by atoms with Crippen LogP contribution in [-0.2, 0) is 11.3 Å². The molecule has 92 valence electrons. The van der Waals surface area contributed by atoms with E-state index in [-0.39, 0.29) is 5.91 Å². The van der Waals surface area contributed by atoms with Gasteiger partial charge in [0.05, 0.1) is 24.5 Å². The number of benzene rings is 1. The predicted octanol–water partition coefficient (Wildman–Crippen LogP) is 1.08. The number of anilines is 3. The number of carbonyl (C=O) groups is 1. The number of para-hydroxylation sites is 2. The molecule has 0 fully saturated rings. The Kier molecular flexibility index (Phi) is 2.60. The summed E-state index contributed by atoms with van der Waals surface area (Å²) in [7, 11) is 0. The van der Waals surface area contributed by atoms with E-state index in [9.17, 15) is 4.79 Å². The first-order valence-corrected chi connectivity index (χ1v) is 6.22. The fourth-order valence-electron chi connectivity index (χ4n) is 1.95. The molecule has 0 saturated heterocycles. The van der Waals surface area contributed by atoms with E-state index in [1.54, 1.807) is 0 Å². The van der Waals surface area contributed by atoms with Gasteiger partial charge in [0.1, 0.15) is 10.7 Å². The molecule has 0 saturated carbocycles. The number of hydrogen-bond acceptors (Lipinski definition) is 6. The maximum Gasteiger partial charge on any atom is 0.243 e. The van der Waals surface area contributed by atoms with Crippen molar-refractivity contribution in [1.29, 1.82) is 0 Å². The Hall–Kier alpha value is -2.15. The fraction of sp³-hybridized carbons (Fsp3) is 0.182. The number of nitrogens with zero attached hydrogens (tertiary/aromatic N) is 3. The highest BCUT2D eigenvalue weighted by Gasteiger charge is 2.22. The normalized spacial score (nSPS) is 14.2. The molecule has 0 aliphatic carbocycles. The predicted molar refractivity (Wildman–Crippen MR) is 70.4 cm³/mol. The number of rotatable bonds is 2. The summed E-state index contributed by atoms with van der Waals surface area (Å²) in [5.41, 5.74) is 8.28. The summed E-state index contributed by atoms with van der Waals surface area (Å²) in [5.74, 6) is -0.0320. The molecule has 1 aromatic carbocycles. The number of carbonyl (C=O) groups excluding carboxylic acids is 1. The average molecular weight is 261 g/mol. The highest BCUT2D eigenvalue weighted by atomic mass is 32.1. The van der Waals surface area contributed by atoms with Crippen molar-refractivity contribution in [3.8, 4) is 0 Å². The van der Waals surface area contributed by atoms with E-state index in [1.165, 1.54) is 0 Å². The zero-order chi connectivity index (χ0) is 12.5. The molecule has 0 radical (unpaired) electrons. The Labute approximate surface area is 108 Å². The van der Waals surface area contributed by atoms with Gasteiger partial charge >= 0.3 is 0 Å². The maximum atomic E-state index is 11.6. The lowest BCUT2D eigenvalue weighted by Crippen LogP contribution is -2.37. The fourth-order valence-corrected chi connectivity index (χ4v) is 2.39. The Morgan fingerprint density at radius 1 is 1.44 bits per heavy atom. The Morgan fingerprint density at radius 3 is 3.06 bits per heavy atom. The van der Waals surface area contributed by atoms with E-state index < -0.39 is 0 Å². The molecule has 1 aromatic heterocycles. The van der Waals surface area contributed by atoms with E-state index in [1.807, 2.05) is 29.2 Å². The van der Waals surface area contributed by atoms with Crippen molar-refractivity contribution in [3.63, 3.8) is 0 Å². The van der Waals surface area contributed by atoms with Gasteiger partial charge in [-0.1, -0.05) is 16.6 Å². The van der Waals surface area contributed by atoms with Crippen molar-refractivity contribution in [1.82, 2.24) is 9.59 Å². The third kappa shape index (κ3) is 1.88. The smallest absolute Gasteiger partial charge is 0.243 e. The van der Waals surface area contributed by atoms with Gasteiger partial charge < -0.3 is 16.0 Å². The van der Waals surface area contributed by atoms with Crippen molar-refractivity contribution < 1.29 is 4.79 Å². The summed E-state index contributed by atoms with van der Waals surface area (Å²) in [5, 5.41) is 7.41. The highest BCUT2D eigenvalue weighted by molar-refractivity contribution is 7.09. The maximum absolute atomic E-state index is 11.6. The quantitative estimate of drug-likeness (QED) is 0.845. The zero-order valence-corrected chi connectivity index (χ0v) is 10.3. The van der Waals surface area contributed by atoms with Crippen molar-refractivity contribution in [2.75, 3.05) is 22.5 Å². The van der Waals surface area contributed by atoms with Gasteiger partial charge in [0.2, 0.25) is 5.91 Å². The van der Waals surface area contributed by atoms with Crippen LogP contribution in [0.25, 0.3) is 0 Å². The number of nitrogen functional groups attached to an aromatic ring is 1. The van der Waals surface area contributed by atoms with Crippen LogP contribution in [0.1, 0.15) is 5.69 Å². The molecular weight excluding hydrogens is 250 g/mol. The summed E-state index contributed by atoms with van der Waals surface area (Å²) >= 11 is 1.16. The molecule has 0 bridgehead atoms. The summed E-state index contributed by atoms with van der Waals surface area (Å²) in [4.78, 5) is 13.6. The average Bonchev–Trinajstić information content (AvgIpc) is 2.75. The SMILES string of the molecule is Nc1snnc1CN1CC(=O)Nc2ccccc21.